The van der Waals surface area contributed by atoms with Gasteiger partial charge >= 0.3 is 5.97 Å². The van der Waals surface area contributed by atoms with Gasteiger partial charge in [-0.3, -0.25) is 14.5 Å². The van der Waals surface area contributed by atoms with Crippen molar-refractivity contribution in [3.63, 3.8) is 0 Å². The molecule has 2 aliphatic rings. The van der Waals surface area contributed by atoms with E-state index in [0.29, 0.717) is 11.4 Å². The van der Waals surface area contributed by atoms with Crippen LogP contribution in [0.1, 0.15) is 34.9 Å². The second-order valence-corrected chi connectivity index (χ2v) is 11.8. The summed E-state index contributed by atoms with van der Waals surface area (Å²) < 4.78 is 3.48. The normalized spacial score (nSPS) is 18.5. The van der Waals surface area contributed by atoms with Crippen LogP contribution >= 0.6 is 11.6 Å². The molecule has 0 bridgehead atoms. The minimum absolute atomic E-state index is 0.00813. The fourth-order valence-corrected chi connectivity index (χ4v) is 6.19. The van der Waals surface area contributed by atoms with E-state index in [1.165, 1.54) is 6.33 Å². The van der Waals surface area contributed by atoms with Crippen LogP contribution in [-0.2, 0) is 4.79 Å². The van der Waals surface area contributed by atoms with Crippen molar-refractivity contribution in [2.75, 3.05) is 26.2 Å². The number of amides is 1. The summed E-state index contributed by atoms with van der Waals surface area (Å²) in [7, 11) is 0. The molecule has 2 fully saturated rings. The van der Waals surface area contributed by atoms with E-state index >= 15 is 0 Å². The lowest BCUT2D eigenvalue weighted by molar-refractivity contribution is -0.133. The molecule has 1 aliphatic carbocycles. The fraction of sp³-hybridized carbons (Fsp3) is 0.281. The second kappa shape index (κ2) is 12.2. The molecular formula is C32H30ClN9O3. The maximum absolute atomic E-state index is 13.2. The van der Waals surface area contributed by atoms with Crippen molar-refractivity contribution in [1.82, 2.24) is 45.2 Å². The molecule has 1 unspecified atom stereocenters. The number of nitrogens with one attached hydrogen (secondary N) is 1. The van der Waals surface area contributed by atoms with Crippen molar-refractivity contribution in [1.29, 1.82) is 0 Å². The lowest BCUT2D eigenvalue weighted by Gasteiger charge is -2.27. The molecule has 5 aromatic rings. The smallest absolute Gasteiger partial charge is 0.335 e. The predicted octanol–water partition coefficient (Wildman–Crippen LogP) is 3.99. The summed E-state index contributed by atoms with van der Waals surface area (Å²) in [6.07, 6.45) is 8.63. The summed E-state index contributed by atoms with van der Waals surface area (Å²) in [5.41, 5.74) is 5.23. The Bertz CT molecular complexity index is 1820. The van der Waals surface area contributed by atoms with Crippen molar-refractivity contribution in [2.45, 2.75) is 18.9 Å². The number of nitrogens with zero attached hydrogens (tertiary/aromatic N) is 8. The minimum atomic E-state index is -0.968. The Hall–Kier alpha value is -4.94. The van der Waals surface area contributed by atoms with Gasteiger partial charge in [-0.2, -0.15) is 9.78 Å². The van der Waals surface area contributed by atoms with E-state index in [1.807, 2.05) is 46.2 Å². The average molecular weight is 624 g/mol. The van der Waals surface area contributed by atoms with Gasteiger partial charge in [0.25, 0.3) is 0 Å². The van der Waals surface area contributed by atoms with E-state index in [-0.39, 0.29) is 29.3 Å². The summed E-state index contributed by atoms with van der Waals surface area (Å²) in [4.78, 5) is 31.4. The first-order chi connectivity index (χ1) is 21.9. The van der Waals surface area contributed by atoms with E-state index in [1.54, 1.807) is 41.2 Å². The Labute approximate surface area is 263 Å². The quantitative estimate of drug-likeness (QED) is 0.249. The molecule has 4 heterocycles. The zero-order valence-corrected chi connectivity index (χ0v) is 25.0. The van der Waals surface area contributed by atoms with Gasteiger partial charge in [0, 0.05) is 66.2 Å². The third kappa shape index (κ3) is 6.06. The van der Waals surface area contributed by atoms with Gasteiger partial charge in [-0.25, -0.2) is 4.79 Å². The average Bonchev–Trinajstić information content (AvgIpc) is 3.40. The summed E-state index contributed by atoms with van der Waals surface area (Å²) in [6.45, 7) is 3.14. The highest BCUT2D eigenvalue weighted by molar-refractivity contribution is 6.31. The second-order valence-electron chi connectivity index (χ2n) is 11.4. The third-order valence-electron chi connectivity index (χ3n) is 8.57. The summed E-state index contributed by atoms with van der Waals surface area (Å²) >= 11 is 6.37. The van der Waals surface area contributed by atoms with E-state index < -0.39 is 5.97 Å². The predicted molar refractivity (Wildman–Crippen MR) is 166 cm³/mol. The highest BCUT2D eigenvalue weighted by Crippen LogP contribution is 2.46. The van der Waals surface area contributed by atoms with Crippen molar-refractivity contribution in [3.8, 4) is 27.9 Å². The van der Waals surface area contributed by atoms with Crippen LogP contribution in [0.5, 0.6) is 0 Å². The van der Waals surface area contributed by atoms with Gasteiger partial charge in [-0.1, -0.05) is 29.8 Å². The molecule has 2 aromatic carbocycles. The number of hydrogen-bond acceptors (Lipinski definition) is 8. The standard InChI is InChI=1S/C32H30ClN9O3/c33-25-6-8-29(42-19-36-38-39-42)26(15-25)22-5-7-28(35-16-22)30(14-23-13-27(23)31(43)40-11-9-34-10-12-40)41-18-24(17-37-41)20-1-3-21(4-2-20)32(44)45/h1-8,15-19,23,27,30,34H,9-14H2,(H,44,45)/t23-,27+,30?/m0/s1. The van der Waals surface area contributed by atoms with Crippen LogP contribution in [0.4, 0.5) is 0 Å². The Balaban J connectivity index is 1.18. The van der Waals surface area contributed by atoms with E-state index in [9.17, 15) is 14.7 Å². The molecule has 2 N–H and O–H groups in total. The Morgan fingerprint density at radius 1 is 1.00 bits per heavy atom. The number of carbonyl (C=O) groups is 2. The number of carboxylic acids is 1. The minimum Gasteiger partial charge on any atom is -0.478 e. The number of rotatable bonds is 9. The van der Waals surface area contributed by atoms with Crippen LogP contribution in [0.3, 0.4) is 0 Å². The van der Waals surface area contributed by atoms with Crippen molar-refractivity contribution < 1.29 is 14.7 Å². The highest BCUT2D eigenvalue weighted by Gasteiger charge is 2.46. The molecule has 7 rings (SSSR count). The zero-order valence-electron chi connectivity index (χ0n) is 24.2. The number of tetrazole rings is 1. The lowest BCUT2D eigenvalue weighted by atomic mass is 10.0. The number of carboxylic acid groups (broad SMARTS) is 1. The number of piperazine rings is 1. The Morgan fingerprint density at radius 2 is 1.80 bits per heavy atom. The van der Waals surface area contributed by atoms with Crippen LogP contribution < -0.4 is 5.32 Å². The maximum atomic E-state index is 13.2. The first-order valence-electron chi connectivity index (χ1n) is 14.8. The van der Waals surface area contributed by atoms with E-state index in [4.69, 9.17) is 21.7 Å². The molecule has 1 amide bonds. The molecule has 228 valence electrons. The number of halogens is 1. The lowest BCUT2D eigenvalue weighted by Crippen LogP contribution is -2.47. The first-order valence-corrected chi connectivity index (χ1v) is 15.2. The molecule has 13 heteroatoms. The Morgan fingerprint density at radius 3 is 2.51 bits per heavy atom. The Kier molecular flexibility index (Phi) is 7.82. The van der Waals surface area contributed by atoms with Crippen LogP contribution in [0, 0.1) is 11.8 Å². The van der Waals surface area contributed by atoms with Gasteiger partial charge in [0.05, 0.1) is 29.2 Å². The molecule has 45 heavy (non-hydrogen) atoms. The monoisotopic (exact) mass is 623 g/mol. The summed E-state index contributed by atoms with van der Waals surface area (Å²) in [6, 6.07) is 16.0. The molecular weight excluding hydrogens is 594 g/mol. The van der Waals surface area contributed by atoms with Gasteiger partial charge in [0.1, 0.15) is 6.33 Å². The van der Waals surface area contributed by atoms with Crippen LogP contribution in [0.25, 0.3) is 27.9 Å². The van der Waals surface area contributed by atoms with Crippen molar-refractivity contribution in [2.24, 2.45) is 11.8 Å². The molecule has 3 atom stereocenters. The largest absolute Gasteiger partial charge is 0.478 e. The number of pyridine rings is 1. The van der Waals surface area contributed by atoms with Gasteiger partial charge < -0.3 is 15.3 Å². The zero-order chi connectivity index (χ0) is 30.9. The third-order valence-corrected chi connectivity index (χ3v) is 8.81. The maximum Gasteiger partial charge on any atom is 0.335 e. The number of hydrogen-bond donors (Lipinski definition) is 2. The van der Waals surface area contributed by atoms with Crippen molar-refractivity contribution >= 4 is 23.5 Å². The van der Waals surface area contributed by atoms with Gasteiger partial charge in [0.15, 0.2) is 0 Å². The summed E-state index contributed by atoms with van der Waals surface area (Å²) in [5, 5.41) is 29.5. The van der Waals surface area contributed by atoms with E-state index in [2.05, 4.69) is 20.8 Å². The molecule has 1 saturated carbocycles. The van der Waals surface area contributed by atoms with Crippen LogP contribution in [0.2, 0.25) is 5.02 Å². The summed E-state index contributed by atoms with van der Waals surface area (Å²) in [5.74, 6) is -0.502. The number of aromatic carboxylic acids is 1. The van der Waals surface area contributed by atoms with Gasteiger partial charge in [-0.15, -0.1) is 5.10 Å². The fourth-order valence-electron chi connectivity index (χ4n) is 6.02. The van der Waals surface area contributed by atoms with Crippen LogP contribution in [0.15, 0.2) is 79.5 Å². The molecule has 0 spiro atoms. The number of aromatic nitrogens is 7. The van der Waals surface area contributed by atoms with Gasteiger partial charge in [-0.05, 0) is 71.1 Å². The molecule has 3 aromatic heterocycles. The first kappa shape index (κ1) is 28.8. The number of carbonyl (C=O) groups excluding carboxylic acids is 1. The molecule has 1 aliphatic heterocycles. The molecule has 1 saturated heterocycles. The highest BCUT2D eigenvalue weighted by atomic mass is 35.5. The SMILES string of the molecule is O=C(O)c1ccc(-c2cnn(C(C[C@@H]3C[C@H]3C(=O)N3CCNCC3)c3ccc(-c4cc(Cl)ccc4-n4cnnn4)cn3)c2)cc1. The number of benzene rings is 2. The van der Waals surface area contributed by atoms with E-state index in [0.717, 1.165) is 66.2 Å². The van der Waals surface area contributed by atoms with Crippen molar-refractivity contribution in [3.05, 3.63) is 95.8 Å². The topological polar surface area (TPSA) is 144 Å². The molecule has 12 nitrogen and oxygen atoms in total. The molecule has 0 radical (unpaired) electrons. The van der Waals surface area contributed by atoms with Gasteiger partial charge in [0.2, 0.25) is 5.91 Å². The van der Waals surface area contributed by atoms with Crippen LogP contribution in [-0.4, -0.2) is 83.0 Å².